The van der Waals surface area contributed by atoms with E-state index < -0.39 is 0 Å². The molecule has 1 aromatic rings. The summed E-state index contributed by atoms with van der Waals surface area (Å²) in [6, 6.07) is 4.87. The molecule has 1 saturated heterocycles. The van der Waals surface area contributed by atoms with Crippen LogP contribution in [-0.4, -0.2) is 44.6 Å². The molecule has 0 saturated carbocycles. The first-order valence-corrected chi connectivity index (χ1v) is 8.89. The number of hydrogen-bond donors (Lipinski definition) is 2. The molecular formula is C16H25ClN4S. The molecule has 22 heavy (non-hydrogen) atoms. The summed E-state index contributed by atoms with van der Waals surface area (Å²) in [7, 11) is 4.00. The zero-order valence-electron chi connectivity index (χ0n) is 13.3. The fourth-order valence-corrected chi connectivity index (χ4v) is 4.06. The SMILES string of the molecule is C=C(Cl)CNC(=NC)NCC1CCCN(C)C1c1cccs1. The van der Waals surface area contributed by atoms with Crippen LogP contribution in [-0.2, 0) is 0 Å². The summed E-state index contributed by atoms with van der Waals surface area (Å²) in [5, 5.41) is 9.33. The number of piperidine rings is 1. The molecule has 0 amide bonds. The Balaban J connectivity index is 1.95. The largest absolute Gasteiger partial charge is 0.356 e. The number of rotatable bonds is 5. The average Bonchev–Trinajstić information content (AvgIpc) is 3.01. The number of nitrogens with one attached hydrogen (secondary N) is 2. The maximum atomic E-state index is 5.79. The molecule has 2 atom stereocenters. The van der Waals surface area contributed by atoms with E-state index in [0.717, 1.165) is 19.0 Å². The van der Waals surface area contributed by atoms with E-state index >= 15 is 0 Å². The Bertz CT molecular complexity index is 500. The van der Waals surface area contributed by atoms with Crippen LogP contribution >= 0.6 is 22.9 Å². The molecule has 6 heteroatoms. The van der Waals surface area contributed by atoms with Crippen LogP contribution in [0.4, 0.5) is 0 Å². The number of hydrogen-bond acceptors (Lipinski definition) is 3. The third-order valence-electron chi connectivity index (χ3n) is 4.04. The highest BCUT2D eigenvalue weighted by Crippen LogP contribution is 2.36. The molecule has 0 aliphatic carbocycles. The molecule has 2 N–H and O–H groups in total. The Hall–Kier alpha value is -1.04. The molecule has 2 rings (SSSR count). The first kappa shape index (κ1) is 17.3. The van der Waals surface area contributed by atoms with Gasteiger partial charge < -0.3 is 10.6 Å². The third kappa shape index (κ3) is 4.73. The third-order valence-corrected chi connectivity index (χ3v) is 5.12. The smallest absolute Gasteiger partial charge is 0.191 e. The molecule has 0 bridgehead atoms. The van der Waals surface area contributed by atoms with Gasteiger partial charge in [0.25, 0.3) is 0 Å². The fraction of sp³-hybridized carbons (Fsp3) is 0.562. The van der Waals surface area contributed by atoms with Crippen LogP contribution in [0.2, 0.25) is 0 Å². The molecule has 122 valence electrons. The highest BCUT2D eigenvalue weighted by Gasteiger charge is 2.31. The maximum Gasteiger partial charge on any atom is 0.191 e. The number of halogens is 1. The van der Waals surface area contributed by atoms with Gasteiger partial charge in [-0.3, -0.25) is 9.89 Å². The molecule has 0 radical (unpaired) electrons. The predicted molar refractivity (Wildman–Crippen MR) is 96.8 cm³/mol. The van der Waals surface area contributed by atoms with Gasteiger partial charge in [-0.2, -0.15) is 0 Å². The van der Waals surface area contributed by atoms with Crippen LogP contribution < -0.4 is 10.6 Å². The minimum absolute atomic E-state index is 0.488. The lowest BCUT2D eigenvalue weighted by Gasteiger charge is -2.39. The summed E-state index contributed by atoms with van der Waals surface area (Å²) in [6.45, 7) is 6.28. The lowest BCUT2D eigenvalue weighted by atomic mass is 9.88. The Morgan fingerprint density at radius 2 is 2.36 bits per heavy atom. The van der Waals surface area contributed by atoms with Gasteiger partial charge in [-0.1, -0.05) is 24.2 Å². The second-order valence-corrected chi connectivity index (χ2v) is 7.18. The summed E-state index contributed by atoms with van der Waals surface area (Å²) in [4.78, 5) is 8.16. The van der Waals surface area contributed by atoms with Gasteiger partial charge >= 0.3 is 0 Å². The van der Waals surface area contributed by atoms with E-state index in [1.54, 1.807) is 7.05 Å². The predicted octanol–water partition coefficient (Wildman–Crippen LogP) is 3.05. The quantitative estimate of drug-likeness (QED) is 0.639. The molecule has 2 heterocycles. The molecule has 4 nitrogen and oxygen atoms in total. The van der Waals surface area contributed by atoms with Crippen molar-refractivity contribution in [3.63, 3.8) is 0 Å². The van der Waals surface area contributed by atoms with Crippen molar-refractivity contribution in [3.8, 4) is 0 Å². The van der Waals surface area contributed by atoms with Gasteiger partial charge in [0, 0.05) is 29.5 Å². The Morgan fingerprint density at radius 1 is 1.55 bits per heavy atom. The highest BCUT2D eigenvalue weighted by atomic mass is 35.5. The highest BCUT2D eigenvalue weighted by molar-refractivity contribution is 7.10. The summed E-state index contributed by atoms with van der Waals surface area (Å²) >= 11 is 7.64. The summed E-state index contributed by atoms with van der Waals surface area (Å²) in [6.07, 6.45) is 2.48. The number of guanidine groups is 1. The first-order chi connectivity index (χ1) is 10.6. The lowest BCUT2D eigenvalue weighted by Crippen LogP contribution is -2.45. The van der Waals surface area contributed by atoms with Crippen molar-refractivity contribution < 1.29 is 0 Å². The van der Waals surface area contributed by atoms with E-state index in [-0.39, 0.29) is 0 Å². The van der Waals surface area contributed by atoms with Crippen molar-refractivity contribution in [2.24, 2.45) is 10.9 Å². The molecule has 0 spiro atoms. The second-order valence-electron chi connectivity index (χ2n) is 5.67. The van der Waals surface area contributed by atoms with Crippen LogP contribution in [0.15, 0.2) is 34.1 Å². The van der Waals surface area contributed by atoms with E-state index in [9.17, 15) is 0 Å². The second kappa shape index (κ2) is 8.56. The van der Waals surface area contributed by atoms with Gasteiger partial charge in [-0.15, -0.1) is 11.3 Å². The van der Waals surface area contributed by atoms with Gasteiger partial charge in [-0.05, 0) is 43.8 Å². The number of thiophene rings is 1. The minimum atomic E-state index is 0.488. The van der Waals surface area contributed by atoms with Crippen molar-refractivity contribution in [2.75, 3.05) is 33.7 Å². The standard InChI is InChI=1S/C16H25ClN4S/c1-12(17)10-19-16(18-2)20-11-13-6-4-8-21(3)15(13)14-7-5-9-22-14/h5,7,9,13,15H,1,4,6,8,10-11H2,2-3H3,(H2,18,19,20). The van der Waals surface area contributed by atoms with E-state index in [1.807, 2.05) is 11.3 Å². The van der Waals surface area contributed by atoms with Crippen LogP contribution in [0.3, 0.4) is 0 Å². The summed E-state index contributed by atoms with van der Waals surface area (Å²) in [5.74, 6) is 1.36. The normalized spacial score (nSPS) is 23.3. The van der Waals surface area contributed by atoms with E-state index in [0.29, 0.717) is 23.5 Å². The summed E-state index contributed by atoms with van der Waals surface area (Å²) in [5.41, 5.74) is 0. The molecule has 2 unspecified atom stereocenters. The van der Waals surface area contributed by atoms with Gasteiger partial charge in [0.2, 0.25) is 0 Å². The van der Waals surface area contributed by atoms with Gasteiger partial charge in [0.1, 0.15) is 0 Å². The fourth-order valence-electron chi connectivity index (χ4n) is 3.01. The molecule has 1 aromatic heterocycles. The zero-order valence-corrected chi connectivity index (χ0v) is 14.9. The van der Waals surface area contributed by atoms with Crippen LogP contribution in [0.1, 0.15) is 23.8 Å². The van der Waals surface area contributed by atoms with Crippen molar-refractivity contribution >= 4 is 28.9 Å². The first-order valence-electron chi connectivity index (χ1n) is 7.63. The van der Waals surface area contributed by atoms with E-state index in [2.05, 4.69) is 51.7 Å². The van der Waals surface area contributed by atoms with E-state index in [1.165, 1.54) is 17.7 Å². The number of likely N-dealkylation sites (tertiary alicyclic amines) is 1. The van der Waals surface area contributed by atoms with Crippen molar-refractivity contribution in [1.82, 2.24) is 15.5 Å². The molecule has 1 aliphatic heterocycles. The molecular weight excluding hydrogens is 316 g/mol. The van der Waals surface area contributed by atoms with Crippen molar-refractivity contribution in [1.29, 1.82) is 0 Å². The van der Waals surface area contributed by atoms with Gasteiger partial charge in [-0.25, -0.2) is 0 Å². The van der Waals surface area contributed by atoms with Crippen LogP contribution in [0, 0.1) is 5.92 Å². The Kier molecular flexibility index (Phi) is 6.73. The van der Waals surface area contributed by atoms with Crippen molar-refractivity contribution in [2.45, 2.75) is 18.9 Å². The van der Waals surface area contributed by atoms with Gasteiger partial charge in [0.05, 0.1) is 6.54 Å². The average molecular weight is 341 g/mol. The zero-order chi connectivity index (χ0) is 15.9. The molecule has 0 aromatic carbocycles. The summed E-state index contributed by atoms with van der Waals surface area (Å²) < 4.78 is 0. The van der Waals surface area contributed by atoms with E-state index in [4.69, 9.17) is 11.6 Å². The minimum Gasteiger partial charge on any atom is -0.356 e. The number of nitrogens with zero attached hydrogens (tertiary/aromatic N) is 2. The maximum absolute atomic E-state index is 5.79. The Morgan fingerprint density at radius 3 is 3.00 bits per heavy atom. The van der Waals surface area contributed by atoms with Crippen LogP contribution in [0.25, 0.3) is 0 Å². The van der Waals surface area contributed by atoms with Gasteiger partial charge in [0.15, 0.2) is 5.96 Å². The topological polar surface area (TPSA) is 39.7 Å². The molecule has 1 fully saturated rings. The number of aliphatic imine (C=N–C) groups is 1. The van der Waals surface area contributed by atoms with Crippen molar-refractivity contribution in [3.05, 3.63) is 34.0 Å². The van der Waals surface area contributed by atoms with Crippen LogP contribution in [0.5, 0.6) is 0 Å². The molecule has 1 aliphatic rings. The monoisotopic (exact) mass is 340 g/mol. The lowest BCUT2D eigenvalue weighted by molar-refractivity contribution is 0.125. The Labute approximate surface area is 142 Å².